The summed E-state index contributed by atoms with van der Waals surface area (Å²) in [6.45, 7) is 2.74. The molecule has 0 bridgehead atoms. The van der Waals surface area contributed by atoms with E-state index in [2.05, 4.69) is 10.3 Å². The Hall–Kier alpha value is -2.21. The number of amides is 1. The molecule has 0 radical (unpaired) electrons. The molecule has 1 heterocycles. The summed E-state index contributed by atoms with van der Waals surface area (Å²) in [5.41, 5.74) is 1.35. The first-order valence-corrected chi connectivity index (χ1v) is 8.46. The van der Waals surface area contributed by atoms with Crippen LogP contribution >= 0.6 is 0 Å². The van der Waals surface area contributed by atoms with Gasteiger partial charge >= 0.3 is 0 Å². The summed E-state index contributed by atoms with van der Waals surface area (Å²) in [4.78, 5) is 17.0. The molecule has 1 atom stereocenters. The van der Waals surface area contributed by atoms with Crippen LogP contribution in [-0.2, 0) is 17.3 Å². The summed E-state index contributed by atoms with van der Waals surface area (Å²) in [5.74, 6) is 0.335. The number of benzene rings is 1. The number of carbonyl (C=O) groups excluding carboxylic acids is 1. The van der Waals surface area contributed by atoms with Gasteiger partial charge in [0.1, 0.15) is 0 Å². The van der Waals surface area contributed by atoms with Gasteiger partial charge in [-0.15, -0.1) is 0 Å². The molecule has 5 nitrogen and oxygen atoms in total. The van der Waals surface area contributed by atoms with Crippen molar-refractivity contribution in [3.05, 3.63) is 53.7 Å². The molecule has 1 aromatic carbocycles. The Bertz CT molecular complexity index is 671. The first-order chi connectivity index (χ1) is 10.6. The molecule has 0 aliphatic carbocycles. The van der Waals surface area contributed by atoms with Gasteiger partial charge in [0.2, 0.25) is 5.88 Å². The highest BCUT2D eigenvalue weighted by Crippen LogP contribution is 2.14. The standard InChI is InChI=1S/C16H18N2O3S/c1-3-21-16-13(5-4-10-17-16)11-18-15(19)12-6-8-14(9-7-12)22(2)20/h4-10H,3,11H2,1-2H3,(H,18,19)/t22-/m0/s1. The van der Waals surface area contributed by atoms with Crippen molar-refractivity contribution in [3.8, 4) is 5.88 Å². The molecule has 0 aliphatic heterocycles. The lowest BCUT2D eigenvalue weighted by Gasteiger charge is -2.10. The summed E-state index contributed by atoms with van der Waals surface area (Å²) in [6, 6.07) is 10.4. The number of nitrogens with zero attached hydrogens (tertiary/aromatic N) is 1. The quantitative estimate of drug-likeness (QED) is 0.886. The first-order valence-electron chi connectivity index (χ1n) is 6.90. The largest absolute Gasteiger partial charge is 0.478 e. The van der Waals surface area contributed by atoms with Gasteiger partial charge in [-0.25, -0.2) is 4.98 Å². The molecule has 2 aromatic rings. The molecular formula is C16H18N2O3S. The number of pyridine rings is 1. The number of aromatic nitrogens is 1. The van der Waals surface area contributed by atoms with Crippen molar-refractivity contribution in [2.24, 2.45) is 0 Å². The van der Waals surface area contributed by atoms with E-state index in [4.69, 9.17) is 4.74 Å². The predicted molar refractivity (Wildman–Crippen MR) is 85.4 cm³/mol. The van der Waals surface area contributed by atoms with Crippen LogP contribution in [0.5, 0.6) is 5.88 Å². The Kier molecular flexibility index (Phi) is 5.66. The fraction of sp³-hybridized carbons (Fsp3) is 0.250. The normalized spacial score (nSPS) is 11.7. The van der Waals surface area contributed by atoms with Gasteiger partial charge in [0.25, 0.3) is 5.91 Å². The molecule has 1 N–H and O–H groups in total. The molecule has 0 unspecified atom stereocenters. The van der Waals surface area contributed by atoms with E-state index < -0.39 is 10.8 Å². The third kappa shape index (κ3) is 4.14. The Morgan fingerprint density at radius 1 is 1.27 bits per heavy atom. The lowest BCUT2D eigenvalue weighted by atomic mass is 10.2. The van der Waals surface area contributed by atoms with Gasteiger partial charge in [-0.3, -0.25) is 9.00 Å². The summed E-state index contributed by atoms with van der Waals surface area (Å²) in [6.07, 6.45) is 3.26. The monoisotopic (exact) mass is 318 g/mol. The highest BCUT2D eigenvalue weighted by atomic mass is 32.2. The second-order valence-corrected chi connectivity index (χ2v) is 5.94. The van der Waals surface area contributed by atoms with Gasteiger partial charge in [-0.2, -0.15) is 0 Å². The Morgan fingerprint density at radius 2 is 2.00 bits per heavy atom. The summed E-state index contributed by atoms with van der Waals surface area (Å²) in [5, 5.41) is 2.83. The van der Waals surface area contributed by atoms with Gasteiger partial charge in [0.05, 0.1) is 6.61 Å². The van der Waals surface area contributed by atoms with E-state index in [1.807, 2.05) is 13.0 Å². The van der Waals surface area contributed by atoms with E-state index in [-0.39, 0.29) is 5.91 Å². The van der Waals surface area contributed by atoms with Crippen LogP contribution in [0.2, 0.25) is 0 Å². The minimum atomic E-state index is -1.05. The predicted octanol–water partition coefficient (Wildman–Crippen LogP) is 2.15. The van der Waals surface area contributed by atoms with Crippen molar-refractivity contribution in [2.45, 2.75) is 18.4 Å². The Balaban J connectivity index is 2.02. The average Bonchev–Trinajstić information content (AvgIpc) is 2.54. The Labute approximate surface area is 132 Å². The van der Waals surface area contributed by atoms with Gasteiger partial charge in [-0.05, 0) is 37.3 Å². The zero-order valence-electron chi connectivity index (χ0n) is 12.5. The molecule has 0 fully saturated rings. The van der Waals surface area contributed by atoms with Gasteiger partial charge in [-0.1, -0.05) is 6.07 Å². The fourth-order valence-corrected chi connectivity index (χ4v) is 2.42. The first kappa shape index (κ1) is 16.2. The lowest BCUT2D eigenvalue weighted by Crippen LogP contribution is -2.23. The molecule has 0 spiro atoms. The fourth-order valence-electron chi connectivity index (χ4n) is 1.90. The second kappa shape index (κ2) is 7.70. The third-order valence-corrected chi connectivity index (χ3v) is 3.95. The number of carbonyl (C=O) groups is 1. The maximum absolute atomic E-state index is 12.1. The number of ether oxygens (including phenoxy) is 1. The smallest absolute Gasteiger partial charge is 0.251 e. The van der Waals surface area contributed by atoms with E-state index in [0.29, 0.717) is 29.5 Å². The maximum Gasteiger partial charge on any atom is 0.251 e. The average molecular weight is 318 g/mol. The second-order valence-electron chi connectivity index (χ2n) is 4.56. The van der Waals surface area contributed by atoms with Crippen LogP contribution in [0.25, 0.3) is 0 Å². The Morgan fingerprint density at radius 3 is 2.64 bits per heavy atom. The molecule has 22 heavy (non-hydrogen) atoms. The zero-order chi connectivity index (χ0) is 15.9. The van der Waals surface area contributed by atoms with Crippen LogP contribution in [0.15, 0.2) is 47.5 Å². The van der Waals surface area contributed by atoms with Crippen molar-refractivity contribution >= 4 is 16.7 Å². The number of hydrogen-bond acceptors (Lipinski definition) is 4. The van der Waals surface area contributed by atoms with E-state index in [1.165, 1.54) is 0 Å². The molecule has 116 valence electrons. The molecule has 2 rings (SSSR count). The minimum absolute atomic E-state index is 0.195. The highest BCUT2D eigenvalue weighted by molar-refractivity contribution is 7.84. The van der Waals surface area contributed by atoms with Crippen molar-refractivity contribution in [1.82, 2.24) is 10.3 Å². The molecule has 0 saturated heterocycles. The molecule has 1 aromatic heterocycles. The summed E-state index contributed by atoms with van der Waals surface area (Å²) < 4.78 is 16.7. The summed E-state index contributed by atoms with van der Waals surface area (Å²) >= 11 is 0. The van der Waals surface area contributed by atoms with Crippen molar-refractivity contribution in [1.29, 1.82) is 0 Å². The van der Waals surface area contributed by atoms with Crippen LogP contribution in [0.1, 0.15) is 22.8 Å². The number of hydrogen-bond donors (Lipinski definition) is 1. The topological polar surface area (TPSA) is 68.3 Å². The number of nitrogens with one attached hydrogen (secondary N) is 1. The SMILES string of the molecule is CCOc1ncccc1CNC(=O)c1ccc([S@](C)=O)cc1. The lowest BCUT2D eigenvalue weighted by molar-refractivity contribution is 0.0950. The van der Waals surface area contributed by atoms with Gasteiger partial charge in [0.15, 0.2) is 0 Å². The molecular weight excluding hydrogens is 300 g/mol. The zero-order valence-corrected chi connectivity index (χ0v) is 13.4. The van der Waals surface area contributed by atoms with Crippen LogP contribution in [-0.4, -0.2) is 28.0 Å². The van der Waals surface area contributed by atoms with Crippen LogP contribution in [0, 0.1) is 0 Å². The maximum atomic E-state index is 12.1. The van der Waals surface area contributed by atoms with E-state index >= 15 is 0 Å². The van der Waals surface area contributed by atoms with E-state index in [9.17, 15) is 9.00 Å². The minimum Gasteiger partial charge on any atom is -0.478 e. The van der Waals surface area contributed by atoms with Gasteiger partial charge < -0.3 is 10.1 Å². The summed E-state index contributed by atoms with van der Waals surface area (Å²) in [7, 11) is -1.05. The van der Waals surface area contributed by atoms with Crippen LogP contribution in [0.3, 0.4) is 0 Å². The van der Waals surface area contributed by atoms with Crippen LogP contribution in [0.4, 0.5) is 0 Å². The third-order valence-electron chi connectivity index (χ3n) is 3.02. The van der Waals surface area contributed by atoms with Crippen molar-refractivity contribution < 1.29 is 13.7 Å². The van der Waals surface area contributed by atoms with Crippen LogP contribution < -0.4 is 10.1 Å². The van der Waals surface area contributed by atoms with Gasteiger partial charge in [0, 0.05) is 45.8 Å². The highest BCUT2D eigenvalue weighted by Gasteiger charge is 2.09. The van der Waals surface area contributed by atoms with Crippen molar-refractivity contribution in [2.75, 3.05) is 12.9 Å². The molecule has 1 amide bonds. The molecule has 6 heteroatoms. The number of rotatable bonds is 6. The molecule has 0 saturated carbocycles. The van der Waals surface area contributed by atoms with E-state index in [1.54, 1.807) is 42.8 Å². The van der Waals surface area contributed by atoms with Crippen molar-refractivity contribution in [3.63, 3.8) is 0 Å². The molecule has 0 aliphatic rings. The van der Waals surface area contributed by atoms with E-state index in [0.717, 1.165) is 5.56 Å².